The number of aryl methyl sites for hydroxylation is 1. The van der Waals surface area contributed by atoms with Crippen molar-refractivity contribution in [2.75, 3.05) is 39.3 Å². The third kappa shape index (κ3) is 4.52. The molecule has 4 heterocycles. The maximum atomic E-state index is 11.6. The van der Waals surface area contributed by atoms with E-state index < -0.39 is 0 Å². The molecule has 1 unspecified atom stereocenters. The van der Waals surface area contributed by atoms with E-state index in [4.69, 9.17) is 4.74 Å². The average Bonchev–Trinajstić information content (AvgIpc) is 3.03. The number of hydrogen-bond donors (Lipinski definition) is 1. The zero-order valence-electron chi connectivity index (χ0n) is 16.5. The quantitative estimate of drug-likeness (QED) is 0.858. The fraction of sp³-hybridized carbons (Fsp3) is 0.800. The van der Waals surface area contributed by atoms with E-state index in [1.54, 1.807) is 0 Å². The lowest BCUT2D eigenvalue weighted by Crippen LogP contribution is -2.58. The zero-order chi connectivity index (χ0) is 18.7. The lowest BCUT2D eigenvalue weighted by atomic mass is 9.88. The van der Waals surface area contributed by atoms with E-state index in [1.807, 2.05) is 10.9 Å². The molecule has 7 nitrogen and oxygen atoms in total. The molecule has 4 rings (SSSR count). The number of carbonyl (C=O) groups excluding carboxylic acids is 1. The van der Waals surface area contributed by atoms with Crippen molar-refractivity contribution in [3.8, 4) is 0 Å². The summed E-state index contributed by atoms with van der Waals surface area (Å²) >= 11 is 0. The second kappa shape index (κ2) is 8.29. The van der Waals surface area contributed by atoms with Gasteiger partial charge < -0.3 is 10.1 Å². The molecule has 3 aliphatic heterocycles. The first-order chi connectivity index (χ1) is 13.2. The normalized spacial score (nSPS) is 27.4. The topological polar surface area (TPSA) is 62.6 Å². The smallest absolute Gasteiger partial charge is 0.220 e. The Kier molecular flexibility index (Phi) is 5.80. The van der Waals surface area contributed by atoms with E-state index in [9.17, 15) is 4.79 Å². The molecule has 1 N–H and O–H groups in total. The van der Waals surface area contributed by atoms with Crippen LogP contribution in [0.3, 0.4) is 0 Å². The van der Waals surface area contributed by atoms with Gasteiger partial charge in [-0.1, -0.05) is 0 Å². The van der Waals surface area contributed by atoms with Gasteiger partial charge in [-0.15, -0.1) is 0 Å². The first-order valence-electron chi connectivity index (χ1n) is 10.5. The molecule has 1 amide bonds. The van der Waals surface area contributed by atoms with Crippen LogP contribution in [-0.4, -0.2) is 76.5 Å². The molecule has 1 aromatic rings. The third-order valence-corrected chi connectivity index (χ3v) is 6.48. The van der Waals surface area contributed by atoms with Gasteiger partial charge in [-0.3, -0.25) is 19.3 Å². The fourth-order valence-electron chi connectivity index (χ4n) is 4.80. The van der Waals surface area contributed by atoms with Crippen LogP contribution in [0.1, 0.15) is 44.6 Å². The summed E-state index contributed by atoms with van der Waals surface area (Å²) in [5.74, 6) is 0.208. The van der Waals surface area contributed by atoms with Crippen LogP contribution in [0.4, 0.5) is 0 Å². The lowest BCUT2D eigenvalue weighted by Gasteiger charge is -2.49. The molecule has 0 aliphatic carbocycles. The number of ether oxygens (including phenoxy) is 1. The van der Waals surface area contributed by atoms with Gasteiger partial charge in [0.1, 0.15) is 0 Å². The molecule has 0 radical (unpaired) electrons. The Morgan fingerprint density at radius 1 is 1.30 bits per heavy atom. The third-order valence-electron chi connectivity index (χ3n) is 6.48. The standard InChI is InChI=1S/C20H33N5O2/c1-2-25-15-17(13-22-25)14-23-9-6-20(7-10-23)16-24(11-12-27-20)18-3-4-19(26)21-8-5-18/h13,15,18H,2-12,14,16H2,1H3,(H,21,26). The molecule has 150 valence electrons. The Bertz CT molecular complexity index is 638. The molecule has 27 heavy (non-hydrogen) atoms. The Balaban J connectivity index is 1.31. The molecule has 3 saturated heterocycles. The molecule has 0 saturated carbocycles. The minimum absolute atomic E-state index is 0.00604. The molecular weight excluding hydrogens is 342 g/mol. The number of likely N-dealkylation sites (tertiary alicyclic amines) is 1. The number of hydrogen-bond acceptors (Lipinski definition) is 5. The molecule has 3 fully saturated rings. The van der Waals surface area contributed by atoms with E-state index in [0.717, 1.165) is 78.1 Å². The van der Waals surface area contributed by atoms with Crippen LogP contribution in [0.2, 0.25) is 0 Å². The highest BCUT2D eigenvalue weighted by Crippen LogP contribution is 2.32. The largest absolute Gasteiger partial charge is 0.372 e. The van der Waals surface area contributed by atoms with Gasteiger partial charge in [-0.25, -0.2) is 0 Å². The number of carbonyl (C=O) groups is 1. The SMILES string of the molecule is CCn1cc(CN2CCC3(CC2)CN(C2CCNC(=O)CC2)CCO3)cn1. The molecule has 1 atom stereocenters. The van der Waals surface area contributed by atoms with Gasteiger partial charge in [-0.05, 0) is 32.6 Å². The maximum absolute atomic E-state index is 11.6. The number of amides is 1. The van der Waals surface area contributed by atoms with Crippen LogP contribution < -0.4 is 5.32 Å². The molecule has 1 spiro atoms. The van der Waals surface area contributed by atoms with Crippen LogP contribution in [0.15, 0.2) is 12.4 Å². The number of nitrogens with zero attached hydrogens (tertiary/aromatic N) is 4. The summed E-state index contributed by atoms with van der Waals surface area (Å²) in [4.78, 5) is 16.8. The summed E-state index contributed by atoms with van der Waals surface area (Å²) in [6.07, 6.45) is 9.04. The zero-order valence-corrected chi connectivity index (χ0v) is 16.5. The summed E-state index contributed by atoms with van der Waals surface area (Å²) in [5.41, 5.74) is 1.31. The van der Waals surface area contributed by atoms with Crippen molar-refractivity contribution in [2.24, 2.45) is 0 Å². The van der Waals surface area contributed by atoms with Crippen LogP contribution in [-0.2, 0) is 22.6 Å². The monoisotopic (exact) mass is 375 g/mol. The average molecular weight is 376 g/mol. The Morgan fingerprint density at radius 3 is 2.93 bits per heavy atom. The lowest BCUT2D eigenvalue weighted by molar-refractivity contribution is -0.144. The highest BCUT2D eigenvalue weighted by molar-refractivity contribution is 5.76. The van der Waals surface area contributed by atoms with Crippen molar-refractivity contribution >= 4 is 5.91 Å². The first-order valence-corrected chi connectivity index (χ1v) is 10.5. The van der Waals surface area contributed by atoms with Gasteiger partial charge in [0.25, 0.3) is 0 Å². The fourth-order valence-corrected chi connectivity index (χ4v) is 4.80. The number of aromatic nitrogens is 2. The highest BCUT2D eigenvalue weighted by Gasteiger charge is 2.41. The molecule has 0 aromatic carbocycles. The van der Waals surface area contributed by atoms with E-state index in [-0.39, 0.29) is 11.5 Å². The van der Waals surface area contributed by atoms with Crippen molar-refractivity contribution in [3.05, 3.63) is 18.0 Å². The first kappa shape index (κ1) is 18.9. The second-order valence-electron chi connectivity index (χ2n) is 8.31. The predicted molar refractivity (Wildman–Crippen MR) is 103 cm³/mol. The molecule has 0 bridgehead atoms. The van der Waals surface area contributed by atoms with Gasteiger partial charge in [0, 0.05) is 70.0 Å². The number of piperidine rings is 1. The van der Waals surface area contributed by atoms with E-state index in [0.29, 0.717) is 12.5 Å². The Morgan fingerprint density at radius 2 is 2.15 bits per heavy atom. The number of rotatable bonds is 4. The van der Waals surface area contributed by atoms with Gasteiger partial charge in [0.05, 0.1) is 18.4 Å². The second-order valence-corrected chi connectivity index (χ2v) is 8.31. The summed E-state index contributed by atoms with van der Waals surface area (Å²) < 4.78 is 8.33. The van der Waals surface area contributed by atoms with Gasteiger partial charge in [0.15, 0.2) is 0 Å². The summed E-state index contributed by atoms with van der Waals surface area (Å²) in [7, 11) is 0. The Labute approximate surface area is 162 Å². The summed E-state index contributed by atoms with van der Waals surface area (Å²) in [6, 6.07) is 0.516. The van der Waals surface area contributed by atoms with Crippen molar-refractivity contribution in [1.29, 1.82) is 0 Å². The Hall–Kier alpha value is -1.44. The summed E-state index contributed by atoms with van der Waals surface area (Å²) in [6.45, 7) is 9.84. The minimum atomic E-state index is 0.00604. The number of morpholine rings is 1. The van der Waals surface area contributed by atoms with Crippen molar-refractivity contribution < 1.29 is 9.53 Å². The molecular formula is C20H33N5O2. The van der Waals surface area contributed by atoms with Crippen molar-refractivity contribution in [1.82, 2.24) is 24.9 Å². The van der Waals surface area contributed by atoms with Crippen LogP contribution in [0.5, 0.6) is 0 Å². The van der Waals surface area contributed by atoms with Gasteiger partial charge in [-0.2, -0.15) is 5.10 Å². The van der Waals surface area contributed by atoms with E-state index >= 15 is 0 Å². The van der Waals surface area contributed by atoms with E-state index in [2.05, 4.69) is 33.3 Å². The van der Waals surface area contributed by atoms with Crippen molar-refractivity contribution in [3.63, 3.8) is 0 Å². The molecule has 1 aromatic heterocycles. The molecule has 7 heteroatoms. The predicted octanol–water partition coefficient (Wildman–Crippen LogP) is 1.24. The highest BCUT2D eigenvalue weighted by atomic mass is 16.5. The van der Waals surface area contributed by atoms with Gasteiger partial charge >= 0.3 is 0 Å². The van der Waals surface area contributed by atoms with Crippen LogP contribution >= 0.6 is 0 Å². The van der Waals surface area contributed by atoms with Crippen LogP contribution in [0.25, 0.3) is 0 Å². The maximum Gasteiger partial charge on any atom is 0.220 e. The minimum Gasteiger partial charge on any atom is -0.372 e. The molecule has 3 aliphatic rings. The summed E-state index contributed by atoms with van der Waals surface area (Å²) in [5, 5.41) is 7.40. The van der Waals surface area contributed by atoms with Crippen molar-refractivity contribution in [2.45, 2.75) is 63.8 Å². The van der Waals surface area contributed by atoms with E-state index in [1.165, 1.54) is 5.56 Å². The van der Waals surface area contributed by atoms with Crippen LogP contribution in [0, 0.1) is 0 Å². The number of nitrogens with one attached hydrogen (secondary N) is 1. The van der Waals surface area contributed by atoms with Gasteiger partial charge in [0.2, 0.25) is 5.91 Å².